The molecule has 2 N–H and O–H groups in total. The molecular weight excluding hydrogens is 274 g/mol. The van der Waals surface area contributed by atoms with Gasteiger partial charge in [0.2, 0.25) is 0 Å². The number of aryl methyl sites for hydroxylation is 1. The number of hydrogen-bond acceptors (Lipinski definition) is 2. The van der Waals surface area contributed by atoms with Gasteiger partial charge in [0.05, 0.1) is 0 Å². The summed E-state index contributed by atoms with van der Waals surface area (Å²) in [7, 11) is 4.09. The number of urea groups is 1. The highest BCUT2D eigenvalue weighted by molar-refractivity contribution is 5.74. The number of carbonyl (C=O) groups excluding carboxylic acids is 1. The lowest BCUT2D eigenvalue weighted by molar-refractivity contribution is 0.232. The van der Waals surface area contributed by atoms with Crippen LogP contribution >= 0.6 is 0 Å². The summed E-state index contributed by atoms with van der Waals surface area (Å²) in [6.07, 6.45) is 8.03. The fourth-order valence-electron chi connectivity index (χ4n) is 2.94. The predicted octanol–water partition coefficient (Wildman–Crippen LogP) is 3.32. The SMILES string of the molecule is CN(C)c1ccc(CCCNC(=O)NC2CCCCC2)cc1. The molecule has 22 heavy (non-hydrogen) atoms. The lowest BCUT2D eigenvalue weighted by atomic mass is 9.96. The molecule has 0 aromatic heterocycles. The summed E-state index contributed by atoms with van der Waals surface area (Å²) in [6, 6.07) is 8.98. The molecular formula is C18H29N3O. The number of amides is 2. The number of hydrogen-bond donors (Lipinski definition) is 2. The van der Waals surface area contributed by atoms with Gasteiger partial charge in [0.15, 0.2) is 0 Å². The first-order chi connectivity index (χ1) is 10.6. The molecule has 0 unspecified atom stereocenters. The quantitative estimate of drug-likeness (QED) is 0.792. The third kappa shape index (κ3) is 5.58. The van der Waals surface area contributed by atoms with Crippen molar-refractivity contribution in [3.05, 3.63) is 29.8 Å². The van der Waals surface area contributed by atoms with Crippen LogP contribution in [0, 0.1) is 0 Å². The Hall–Kier alpha value is -1.71. The van der Waals surface area contributed by atoms with Gasteiger partial charge >= 0.3 is 6.03 Å². The van der Waals surface area contributed by atoms with E-state index in [9.17, 15) is 4.79 Å². The normalized spacial score (nSPS) is 15.4. The fourth-order valence-corrected chi connectivity index (χ4v) is 2.94. The number of nitrogens with one attached hydrogen (secondary N) is 2. The van der Waals surface area contributed by atoms with E-state index in [1.165, 1.54) is 30.5 Å². The van der Waals surface area contributed by atoms with E-state index in [1.807, 2.05) is 14.1 Å². The van der Waals surface area contributed by atoms with Gasteiger partial charge in [0.1, 0.15) is 0 Å². The van der Waals surface area contributed by atoms with Gasteiger partial charge in [0.25, 0.3) is 0 Å². The van der Waals surface area contributed by atoms with Crippen LogP contribution in [0.25, 0.3) is 0 Å². The van der Waals surface area contributed by atoms with Gasteiger partial charge in [-0.25, -0.2) is 4.79 Å². The van der Waals surface area contributed by atoms with Crippen molar-refractivity contribution in [3.63, 3.8) is 0 Å². The molecule has 1 aliphatic carbocycles. The molecule has 0 atom stereocenters. The second-order valence-electron chi connectivity index (χ2n) is 6.40. The van der Waals surface area contributed by atoms with Crippen LogP contribution < -0.4 is 15.5 Å². The van der Waals surface area contributed by atoms with Crippen molar-refractivity contribution in [2.75, 3.05) is 25.5 Å². The highest BCUT2D eigenvalue weighted by Gasteiger charge is 2.14. The van der Waals surface area contributed by atoms with E-state index < -0.39 is 0 Å². The second-order valence-corrected chi connectivity index (χ2v) is 6.40. The molecule has 122 valence electrons. The molecule has 0 aliphatic heterocycles. The Morgan fingerprint density at radius 1 is 1.14 bits per heavy atom. The van der Waals surface area contributed by atoms with Gasteiger partial charge in [-0.3, -0.25) is 0 Å². The van der Waals surface area contributed by atoms with Crippen molar-refractivity contribution in [3.8, 4) is 0 Å². The van der Waals surface area contributed by atoms with Crippen LogP contribution in [0.5, 0.6) is 0 Å². The standard InChI is InChI=1S/C18H29N3O/c1-21(2)17-12-10-15(11-13-17)7-6-14-19-18(22)20-16-8-4-3-5-9-16/h10-13,16H,3-9,14H2,1-2H3,(H2,19,20,22). The summed E-state index contributed by atoms with van der Waals surface area (Å²) < 4.78 is 0. The summed E-state index contributed by atoms with van der Waals surface area (Å²) in [5.41, 5.74) is 2.54. The van der Waals surface area contributed by atoms with Crippen LogP contribution in [0.4, 0.5) is 10.5 Å². The monoisotopic (exact) mass is 303 g/mol. The van der Waals surface area contributed by atoms with Gasteiger partial charge in [-0.1, -0.05) is 31.4 Å². The predicted molar refractivity (Wildman–Crippen MR) is 92.5 cm³/mol. The number of carbonyl (C=O) groups is 1. The van der Waals surface area contributed by atoms with Gasteiger partial charge in [0, 0.05) is 32.4 Å². The Bertz CT molecular complexity index is 450. The van der Waals surface area contributed by atoms with Crippen LogP contribution in [0.15, 0.2) is 24.3 Å². The van der Waals surface area contributed by atoms with E-state index in [0.29, 0.717) is 6.04 Å². The third-order valence-corrected chi connectivity index (χ3v) is 4.32. The van der Waals surface area contributed by atoms with Gasteiger partial charge in [-0.2, -0.15) is 0 Å². The molecule has 4 nitrogen and oxygen atoms in total. The molecule has 2 rings (SSSR count). The van der Waals surface area contributed by atoms with Crippen LogP contribution in [-0.4, -0.2) is 32.7 Å². The van der Waals surface area contributed by atoms with Crippen LogP contribution in [0.3, 0.4) is 0 Å². The fraction of sp³-hybridized carbons (Fsp3) is 0.611. The molecule has 1 fully saturated rings. The van der Waals surface area contributed by atoms with E-state index in [4.69, 9.17) is 0 Å². The molecule has 0 bridgehead atoms. The highest BCUT2D eigenvalue weighted by atomic mass is 16.2. The number of rotatable bonds is 6. The van der Waals surface area contributed by atoms with Crippen LogP contribution in [0.1, 0.15) is 44.1 Å². The summed E-state index contributed by atoms with van der Waals surface area (Å²) in [4.78, 5) is 13.9. The number of nitrogens with zero attached hydrogens (tertiary/aromatic N) is 1. The number of benzene rings is 1. The smallest absolute Gasteiger partial charge is 0.315 e. The van der Waals surface area contributed by atoms with Crippen LogP contribution in [-0.2, 0) is 6.42 Å². The third-order valence-electron chi connectivity index (χ3n) is 4.32. The maximum Gasteiger partial charge on any atom is 0.315 e. The van der Waals surface area contributed by atoms with E-state index in [2.05, 4.69) is 39.8 Å². The molecule has 0 radical (unpaired) electrons. The molecule has 4 heteroatoms. The first-order valence-electron chi connectivity index (χ1n) is 8.46. The van der Waals surface area contributed by atoms with Gasteiger partial charge < -0.3 is 15.5 Å². The Balaban J connectivity index is 1.60. The molecule has 0 heterocycles. The van der Waals surface area contributed by atoms with Crippen molar-refractivity contribution >= 4 is 11.7 Å². The highest BCUT2D eigenvalue weighted by Crippen LogP contribution is 2.17. The summed E-state index contributed by atoms with van der Waals surface area (Å²) >= 11 is 0. The van der Waals surface area contributed by atoms with Gasteiger partial charge in [-0.05, 0) is 43.4 Å². The zero-order chi connectivity index (χ0) is 15.8. The Labute approximate surface area is 134 Å². The Morgan fingerprint density at radius 3 is 2.45 bits per heavy atom. The van der Waals surface area contributed by atoms with Gasteiger partial charge in [-0.15, -0.1) is 0 Å². The summed E-state index contributed by atoms with van der Waals surface area (Å²) in [5.74, 6) is 0. The van der Waals surface area contributed by atoms with E-state index in [1.54, 1.807) is 0 Å². The molecule has 1 aromatic carbocycles. The minimum atomic E-state index is -0.00476. The maximum atomic E-state index is 11.8. The van der Waals surface area contributed by atoms with Crippen LogP contribution in [0.2, 0.25) is 0 Å². The minimum Gasteiger partial charge on any atom is -0.378 e. The Kier molecular flexibility index (Phi) is 6.56. The first kappa shape index (κ1) is 16.7. The van der Waals surface area contributed by atoms with E-state index in [-0.39, 0.29) is 6.03 Å². The van der Waals surface area contributed by atoms with E-state index in [0.717, 1.165) is 32.2 Å². The molecule has 0 spiro atoms. The zero-order valence-corrected chi connectivity index (χ0v) is 13.9. The lowest BCUT2D eigenvalue weighted by Crippen LogP contribution is -2.43. The van der Waals surface area contributed by atoms with Crippen molar-refractivity contribution < 1.29 is 4.79 Å². The second kappa shape index (κ2) is 8.66. The van der Waals surface area contributed by atoms with Crippen molar-refractivity contribution in [1.29, 1.82) is 0 Å². The van der Waals surface area contributed by atoms with E-state index >= 15 is 0 Å². The first-order valence-corrected chi connectivity index (χ1v) is 8.46. The zero-order valence-electron chi connectivity index (χ0n) is 13.9. The largest absolute Gasteiger partial charge is 0.378 e. The Morgan fingerprint density at radius 2 is 1.82 bits per heavy atom. The molecule has 1 saturated carbocycles. The lowest BCUT2D eigenvalue weighted by Gasteiger charge is -2.22. The average molecular weight is 303 g/mol. The molecule has 0 saturated heterocycles. The molecule has 1 aliphatic rings. The average Bonchev–Trinajstić information content (AvgIpc) is 2.53. The maximum absolute atomic E-state index is 11.8. The topological polar surface area (TPSA) is 44.4 Å². The number of anilines is 1. The summed E-state index contributed by atoms with van der Waals surface area (Å²) in [5, 5.41) is 6.05. The molecule has 2 amide bonds. The minimum absolute atomic E-state index is 0.00476. The van der Waals surface area contributed by atoms with Crippen molar-refractivity contribution in [1.82, 2.24) is 10.6 Å². The molecule has 1 aromatic rings. The summed E-state index contributed by atoms with van der Waals surface area (Å²) in [6.45, 7) is 0.730. The van der Waals surface area contributed by atoms with Crippen molar-refractivity contribution in [2.24, 2.45) is 0 Å². The van der Waals surface area contributed by atoms with Crippen molar-refractivity contribution in [2.45, 2.75) is 51.0 Å².